The van der Waals surface area contributed by atoms with Crippen LogP contribution < -0.4 is 10.2 Å². The Morgan fingerprint density at radius 2 is 1.87 bits per heavy atom. The summed E-state index contributed by atoms with van der Waals surface area (Å²) in [4.78, 5) is 27.3. The number of piperazine rings is 1. The minimum Gasteiger partial charge on any atom is -0.331 e. The number of nitrogens with zero attached hydrogens (tertiary/aromatic N) is 1. The molecular weight excluding hydrogens is 297 g/mol. The Morgan fingerprint density at radius 1 is 1.26 bits per heavy atom. The van der Waals surface area contributed by atoms with Crippen molar-refractivity contribution < 1.29 is 18.9 Å². The molecule has 6 heteroatoms. The predicted molar refractivity (Wildman–Crippen MR) is 84.4 cm³/mol. The van der Waals surface area contributed by atoms with E-state index in [1.807, 2.05) is 4.90 Å². The van der Waals surface area contributed by atoms with E-state index in [4.69, 9.17) is 0 Å². The summed E-state index contributed by atoms with van der Waals surface area (Å²) in [5, 5.41) is 2.78. The Balaban J connectivity index is 1.42. The Hall–Kier alpha value is -1.95. The van der Waals surface area contributed by atoms with Crippen molar-refractivity contribution in [2.75, 3.05) is 38.0 Å². The van der Waals surface area contributed by atoms with E-state index in [1.165, 1.54) is 17.0 Å². The van der Waals surface area contributed by atoms with Gasteiger partial charge in [-0.15, -0.1) is 0 Å². The zero-order chi connectivity index (χ0) is 16.4. The second-order valence-electron chi connectivity index (χ2n) is 6.63. The second kappa shape index (κ2) is 6.66. The van der Waals surface area contributed by atoms with E-state index in [2.05, 4.69) is 12.2 Å². The average molecular weight is 320 g/mol. The van der Waals surface area contributed by atoms with Crippen molar-refractivity contribution >= 4 is 17.5 Å². The van der Waals surface area contributed by atoms with E-state index >= 15 is 0 Å². The first-order valence-corrected chi connectivity index (χ1v) is 8.20. The van der Waals surface area contributed by atoms with Gasteiger partial charge in [-0.05, 0) is 36.6 Å². The number of rotatable bonds is 4. The van der Waals surface area contributed by atoms with Crippen LogP contribution in [0.15, 0.2) is 24.3 Å². The molecule has 1 heterocycles. The van der Waals surface area contributed by atoms with Crippen LogP contribution in [0.25, 0.3) is 0 Å². The lowest BCUT2D eigenvalue weighted by atomic mass is 10.2. The van der Waals surface area contributed by atoms with Gasteiger partial charge < -0.3 is 15.1 Å². The fraction of sp³-hybridized carbons (Fsp3) is 0.529. The van der Waals surface area contributed by atoms with E-state index < -0.39 is 0 Å². The van der Waals surface area contributed by atoms with Crippen molar-refractivity contribution in [2.45, 2.75) is 13.3 Å². The smallest absolute Gasteiger partial charge is 0.279 e. The molecule has 2 fully saturated rings. The maximum absolute atomic E-state index is 12.8. The number of carbonyl (C=O) groups excluding carboxylic acids is 2. The van der Waals surface area contributed by atoms with Crippen molar-refractivity contribution in [3.63, 3.8) is 0 Å². The third-order valence-electron chi connectivity index (χ3n) is 4.75. The van der Waals surface area contributed by atoms with E-state index in [9.17, 15) is 14.0 Å². The largest absolute Gasteiger partial charge is 0.331 e. The first kappa shape index (κ1) is 15.9. The van der Waals surface area contributed by atoms with Crippen LogP contribution in [0.4, 0.5) is 10.1 Å². The molecule has 2 N–H and O–H groups in total. The molecule has 0 aromatic heterocycles. The highest BCUT2D eigenvalue weighted by Crippen LogP contribution is 2.39. The zero-order valence-electron chi connectivity index (χ0n) is 13.3. The average Bonchev–Trinajstić information content (AvgIpc) is 3.26. The summed E-state index contributed by atoms with van der Waals surface area (Å²) in [6.45, 7) is 5.53. The van der Waals surface area contributed by atoms with E-state index in [-0.39, 0.29) is 23.5 Å². The molecule has 124 valence electrons. The summed E-state index contributed by atoms with van der Waals surface area (Å²) in [5.41, 5.74) is 0.604. The molecule has 1 saturated heterocycles. The Kier molecular flexibility index (Phi) is 4.61. The van der Waals surface area contributed by atoms with Gasteiger partial charge in [-0.3, -0.25) is 9.59 Å². The monoisotopic (exact) mass is 320 g/mol. The third kappa shape index (κ3) is 4.07. The summed E-state index contributed by atoms with van der Waals surface area (Å²) in [6.07, 6.45) is 1.02. The highest BCUT2D eigenvalue weighted by atomic mass is 19.1. The predicted octanol–water partition coefficient (Wildman–Crippen LogP) is 0.147. The SMILES string of the molecule is C[C@@H]1C[C@@H]1C(=O)N1CC[NH+](CC(=O)Nc2ccc(F)cc2)CC1. The number of benzene rings is 1. The van der Waals surface area contributed by atoms with Gasteiger partial charge in [-0.2, -0.15) is 0 Å². The summed E-state index contributed by atoms with van der Waals surface area (Å²) < 4.78 is 12.8. The Bertz CT molecular complexity index is 582. The van der Waals surface area contributed by atoms with Gasteiger partial charge in [0.1, 0.15) is 5.82 Å². The fourth-order valence-electron chi connectivity index (χ4n) is 3.09. The lowest BCUT2D eigenvalue weighted by molar-refractivity contribution is -0.895. The third-order valence-corrected chi connectivity index (χ3v) is 4.75. The number of nitrogens with one attached hydrogen (secondary N) is 2. The van der Waals surface area contributed by atoms with Crippen LogP contribution in [-0.2, 0) is 9.59 Å². The molecule has 1 aromatic carbocycles. The molecule has 2 atom stereocenters. The first-order valence-electron chi connectivity index (χ1n) is 8.20. The molecule has 5 nitrogen and oxygen atoms in total. The van der Waals surface area contributed by atoms with Crippen LogP contribution in [0.5, 0.6) is 0 Å². The van der Waals surface area contributed by atoms with Crippen LogP contribution in [0.3, 0.4) is 0 Å². The van der Waals surface area contributed by atoms with Gasteiger partial charge in [0.2, 0.25) is 5.91 Å². The van der Waals surface area contributed by atoms with E-state index in [0.29, 0.717) is 18.2 Å². The number of amides is 2. The molecular formula is C17H23FN3O2+. The van der Waals surface area contributed by atoms with Crippen molar-refractivity contribution in [1.82, 2.24) is 4.90 Å². The number of halogens is 1. The highest BCUT2D eigenvalue weighted by molar-refractivity contribution is 5.91. The number of carbonyl (C=O) groups is 2. The van der Waals surface area contributed by atoms with Crippen LogP contribution in [-0.4, -0.2) is 49.4 Å². The lowest BCUT2D eigenvalue weighted by Crippen LogP contribution is -3.15. The van der Waals surface area contributed by atoms with E-state index in [1.54, 1.807) is 12.1 Å². The lowest BCUT2D eigenvalue weighted by Gasteiger charge is -2.32. The number of anilines is 1. The van der Waals surface area contributed by atoms with Crippen molar-refractivity contribution in [2.24, 2.45) is 11.8 Å². The molecule has 1 aliphatic heterocycles. The molecule has 0 unspecified atom stereocenters. The maximum Gasteiger partial charge on any atom is 0.279 e. The standard InChI is InChI=1S/C17H22FN3O2/c1-12-10-15(12)17(23)21-8-6-20(7-9-21)11-16(22)19-14-4-2-13(18)3-5-14/h2-5,12,15H,6-11H2,1H3,(H,19,22)/p+1/t12-,15+/m1/s1. The van der Waals surface area contributed by atoms with E-state index in [0.717, 1.165) is 32.6 Å². The number of quaternary nitrogens is 1. The van der Waals surface area contributed by atoms with Crippen LogP contribution in [0.1, 0.15) is 13.3 Å². The summed E-state index contributed by atoms with van der Waals surface area (Å²) in [7, 11) is 0. The van der Waals surface area contributed by atoms with Crippen molar-refractivity contribution in [3.8, 4) is 0 Å². The highest BCUT2D eigenvalue weighted by Gasteiger charge is 2.42. The van der Waals surface area contributed by atoms with Gasteiger partial charge >= 0.3 is 0 Å². The minimum atomic E-state index is -0.320. The summed E-state index contributed by atoms with van der Waals surface area (Å²) >= 11 is 0. The van der Waals surface area contributed by atoms with Gasteiger partial charge in [-0.25, -0.2) is 4.39 Å². The molecule has 1 aliphatic carbocycles. The topological polar surface area (TPSA) is 53.9 Å². The normalized spacial score (nSPS) is 24.3. The molecule has 1 aromatic rings. The van der Waals surface area contributed by atoms with Gasteiger partial charge in [0.05, 0.1) is 26.2 Å². The first-order chi connectivity index (χ1) is 11.0. The van der Waals surface area contributed by atoms with Crippen LogP contribution in [0.2, 0.25) is 0 Å². The molecule has 0 radical (unpaired) electrons. The van der Waals surface area contributed by atoms with Gasteiger partial charge in [0.15, 0.2) is 6.54 Å². The van der Waals surface area contributed by atoms with Crippen molar-refractivity contribution in [1.29, 1.82) is 0 Å². The van der Waals surface area contributed by atoms with Gasteiger partial charge in [-0.1, -0.05) is 6.92 Å². The summed E-state index contributed by atoms with van der Waals surface area (Å²) in [5.74, 6) is 0.654. The molecule has 1 saturated carbocycles. The molecule has 0 spiro atoms. The van der Waals surface area contributed by atoms with Crippen LogP contribution >= 0.6 is 0 Å². The Labute approximate surface area is 135 Å². The zero-order valence-corrected chi connectivity index (χ0v) is 13.3. The fourth-order valence-corrected chi connectivity index (χ4v) is 3.09. The number of hydrogen-bond donors (Lipinski definition) is 2. The van der Waals surface area contributed by atoms with Gasteiger partial charge in [0, 0.05) is 11.6 Å². The minimum absolute atomic E-state index is 0.0813. The van der Waals surface area contributed by atoms with Crippen LogP contribution in [0, 0.1) is 17.7 Å². The Morgan fingerprint density at radius 3 is 2.43 bits per heavy atom. The molecule has 3 rings (SSSR count). The molecule has 2 aliphatic rings. The number of hydrogen-bond acceptors (Lipinski definition) is 2. The molecule has 23 heavy (non-hydrogen) atoms. The molecule has 2 amide bonds. The summed E-state index contributed by atoms with van der Waals surface area (Å²) in [6, 6.07) is 5.75. The second-order valence-corrected chi connectivity index (χ2v) is 6.63. The quantitative estimate of drug-likeness (QED) is 0.830. The molecule has 0 bridgehead atoms. The van der Waals surface area contributed by atoms with Crippen molar-refractivity contribution in [3.05, 3.63) is 30.1 Å². The van der Waals surface area contributed by atoms with Gasteiger partial charge in [0.25, 0.3) is 5.91 Å². The maximum atomic E-state index is 12.8.